The van der Waals surface area contributed by atoms with E-state index < -0.39 is 0 Å². The van der Waals surface area contributed by atoms with Gasteiger partial charge < -0.3 is 15.2 Å². The number of halogens is 2. The lowest BCUT2D eigenvalue weighted by Gasteiger charge is -2.23. The van der Waals surface area contributed by atoms with Gasteiger partial charge in [-0.1, -0.05) is 29.5 Å². The van der Waals surface area contributed by atoms with Gasteiger partial charge in [-0.25, -0.2) is 9.67 Å². The number of carbonyl (C=O) groups excluding carboxylic acids is 1. The molecule has 4 rings (SSSR count). The van der Waals surface area contributed by atoms with Gasteiger partial charge in [-0.2, -0.15) is 0 Å². The van der Waals surface area contributed by atoms with Crippen molar-refractivity contribution in [3.8, 4) is 0 Å². The molecular formula is C20H27Cl2N7O. The van der Waals surface area contributed by atoms with Crippen molar-refractivity contribution in [3.05, 3.63) is 65.5 Å². The van der Waals surface area contributed by atoms with E-state index in [1.54, 1.807) is 12.5 Å². The standard InChI is InChI=1S/C20H25N7O.2ClH/c1-15-19(24-25-27(15)18-6-8-21-9-7-18)20(28)23-12-16-2-4-17(5-3-16)13-26-11-10-22-14-26;;/h2-5,10-11,14,18,21H,6-9,12-13H2,1H3,(H,23,28);2*1H. The predicted molar refractivity (Wildman–Crippen MR) is 119 cm³/mol. The third kappa shape index (κ3) is 5.59. The summed E-state index contributed by atoms with van der Waals surface area (Å²) in [7, 11) is 0. The number of piperidine rings is 1. The first kappa shape index (κ1) is 23.9. The van der Waals surface area contributed by atoms with Crippen LogP contribution in [-0.4, -0.2) is 43.5 Å². The molecule has 1 fully saturated rings. The minimum Gasteiger partial charge on any atom is -0.347 e. The molecule has 30 heavy (non-hydrogen) atoms. The molecule has 1 aliphatic heterocycles. The molecule has 1 aliphatic rings. The molecule has 2 aromatic heterocycles. The van der Waals surface area contributed by atoms with E-state index in [4.69, 9.17) is 0 Å². The van der Waals surface area contributed by atoms with Crippen LogP contribution in [0.1, 0.15) is 46.2 Å². The van der Waals surface area contributed by atoms with Crippen LogP contribution in [-0.2, 0) is 13.1 Å². The quantitative estimate of drug-likeness (QED) is 0.600. The molecule has 0 spiro atoms. The van der Waals surface area contributed by atoms with Crippen LogP contribution >= 0.6 is 24.8 Å². The maximum Gasteiger partial charge on any atom is 0.274 e. The molecule has 8 nitrogen and oxygen atoms in total. The number of rotatable bonds is 6. The molecule has 0 atom stereocenters. The van der Waals surface area contributed by atoms with Crippen LogP contribution < -0.4 is 10.6 Å². The fraction of sp³-hybridized carbons (Fsp3) is 0.400. The average molecular weight is 452 g/mol. The summed E-state index contributed by atoms with van der Waals surface area (Å²) < 4.78 is 3.92. The second-order valence-electron chi connectivity index (χ2n) is 7.18. The Morgan fingerprint density at radius 2 is 1.87 bits per heavy atom. The summed E-state index contributed by atoms with van der Waals surface area (Å²) in [5.41, 5.74) is 3.48. The number of imidazole rings is 1. The summed E-state index contributed by atoms with van der Waals surface area (Å²) >= 11 is 0. The number of benzene rings is 1. The Bertz CT molecular complexity index is 919. The van der Waals surface area contributed by atoms with Crippen molar-refractivity contribution >= 4 is 30.7 Å². The van der Waals surface area contributed by atoms with Crippen LogP contribution in [0, 0.1) is 6.92 Å². The maximum atomic E-state index is 12.6. The number of aromatic nitrogens is 5. The van der Waals surface area contributed by atoms with E-state index in [1.807, 2.05) is 34.5 Å². The van der Waals surface area contributed by atoms with Crippen molar-refractivity contribution in [1.82, 2.24) is 35.2 Å². The third-order valence-corrected chi connectivity index (χ3v) is 5.20. The minimum absolute atomic E-state index is 0. The van der Waals surface area contributed by atoms with Crippen molar-refractivity contribution in [2.45, 2.75) is 38.9 Å². The highest BCUT2D eigenvalue weighted by Crippen LogP contribution is 2.20. The van der Waals surface area contributed by atoms with Crippen molar-refractivity contribution < 1.29 is 4.79 Å². The van der Waals surface area contributed by atoms with E-state index in [0.29, 0.717) is 18.3 Å². The van der Waals surface area contributed by atoms with Crippen LogP contribution in [0.3, 0.4) is 0 Å². The Balaban J connectivity index is 0.00000160. The molecule has 3 aromatic rings. The number of nitrogens with one attached hydrogen (secondary N) is 2. The SMILES string of the molecule is Cc1c(C(=O)NCc2ccc(Cn3ccnc3)cc2)nnn1C1CCNCC1.Cl.Cl. The van der Waals surface area contributed by atoms with Gasteiger partial charge in [-0.05, 0) is 44.0 Å². The highest BCUT2D eigenvalue weighted by Gasteiger charge is 2.22. The second kappa shape index (κ2) is 11.1. The molecular weight excluding hydrogens is 425 g/mol. The lowest BCUT2D eigenvalue weighted by molar-refractivity contribution is 0.0945. The van der Waals surface area contributed by atoms with Gasteiger partial charge in [0.1, 0.15) is 0 Å². The number of nitrogens with zero attached hydrogens (tertiary/aromatic N) is 5. The summed E-state index contributed by atoms with van der Waals surface area (Å²) in [6.07, 6.45) is 7.53. The Hall–Kier alpha value is -2.42. The number of hydrogen-bond acceptors (Lipinski definition) is 5. The molecule has 1 saturated heterocycles. The van der Waals surface area contributed by atoms with Crippen LogP contribution in [0.5, 0.6) is 0 Å². The van der Waals surface area contributed by atoms with E-state index in [0.717, 1.165) is 43.7 Å². The van der Waals surface area contributed by atoms with Gasteiger partial charge in [-0.3, -0.25) is 4.79 Å². The highest BCUT2D eigenvalue weighted by atomic mass is 35.5. The Labute approximate surface area is 188 Å². The molecule has 0 bridgehead atoms. The van der Waals surface area contributed by atoms with Gasteiger partial charge in [0.05, 0.1) is 18.1 Å². The number of carbonyl (C=O) groups is 1. The predicted octanol–water partition coefficient (Wildman–Crippen LogP) is 2.53. The van der Waals surface area contributed by atoms with E-state index in [9.17, 15) is 4.79 Å². The zero-order valence-electron chi connectivity index (χ0n) is 16.8. The van der Waals surface area contributed by atoms with E-state index in [2.05, 4.69) is 38.1 Å². The van der Waals surface area contributed by atoms with Crippen LogP contribution in [0.25, 0.3) is 0 Å². The normalized spacial score (nSPS) is 13.9. The Morgan fingerprint density at radius 1 is 1.17 bits per heavy atom. The summed E-state index contributed by atoms with van der Waals surface area (Å²) in [5, 5.41) is 14.7. The van der Waals surface area contributed by atoms with Crippen LogP contribution in [0.4, 0.5) is 0 Å². The molecule has 0 saturated carbocycles. The fourth-order valence-electron chi connectivity index (χ4n) is 3.57. The first-order chi connectivity index (χ1) is 13.7. The lowest BCUT2D eigenvalue weighted by Crippen LogP contribution is -2.30. The van der Waals surface area contributed by atoms with Crippen molar-refractivity contribution in [2.24, 2.45) is 0 Å². The van der Waals surface area contributed by atoms with Crippen LogP contribution in [0.2, 0.25) is 0 Å². The summed E-state index contributed by atoms with van der Waals surface area (Å²) in [5.74, 6) is -0.180. The van der Waals surface area contributed by atoms with Crippen molar-refractivity contribution in [1.29, 1.82) is 0 Å². The second-order valence-corrected chi connectivity index (χ2v) is 7.18. The van der Waals surface area contributed by atoms with Gasteiger partial charge in [0.2, 0.25) is 0 Å². The molecule has 3 heterocycles. The van der Waals surface area contributed by atoms with Gasteiger partial charge >= 0.3 is 0 Å². The topological polar surface area (TPSA) is 89.7 Å². The first-order valence-corrected chi connectivity index (χ1v) is 9.65. The molecule has 0 radical (unpaired) electrons. The molecule has 1 amide bonds. The first-order valence-electron chi connectivity index (χ1n) is 9.65. The number of hydrogen-bond donors (Lipinski definition) is 2. The van der Waals surface area contributed by atoms with Gasteiger partial charge in [-0.15, -0.1) is 29.9 Å². The molecule has 162 valence electrons. The smallest absolute Gasteiger partial charge is 0.274 e. The highest BCUT2D eigenvalue weighted by molar-refractivity contribution is 5.93. The molecule has 0 unspecified atom stereocenters. The zero-order valence-corrected chi connectivity index (χ0v) is 18.5. The third-order valence-electron chi connectivity index (χ3n) is 5.20. The van der Waals surface area contributed by atoms with Crippen LogP contribution in [0.15, 0.2) is 43.0 Å². The zero-order chi connectivity index (χ0) is 19.3. The minimum atomic E-state index is -0.180. The summed E-state index contributed by atoms with van der Waals surface area (Å²) in [6.45, 7) is 5.11. The lowest BCUT2D eigenvalue weighted by atomic mass is 10.1. The van der Waals surface area contributed by atoms with Crippen molar-refractivity contribution in [3.63, 3.8) is 0 Å². The average Bonchev–Trinajstić information content (AvgIpc) is 3.37. The van der Waals surface area contributed by atoms with E-state index in [-0.39, 0.29) is 30.7 Å². The number of amides is 1. The van der Waals surface area contributed by atoms with Gasteiger partial charge in [0.15, 0.2) is 5.69 Å². The van der Waals surface area contributed by atoms with Gasteiger partial charge in [0, 0.05) is 25.5 Å². The molecule has 0 aliphatic carbocycles. The maximum absolute atomic E-state index is 12.6. The molecule has 2 N–H and O–H groups in total. The molecule has 10 heteroatoms. The van der Waals surface area contributed by atoms with E-state index in [1.165, 1.54) is 5.56 Å². The fourth-order valence-corrected chi connectivity index (χ4v) is 3.57. The Kier molecular flexibility index (Phi) is 8.83. The Morgan fingerprint density at radius 3 is 2.53 bits per heavy atom. The summed E-state index contributed by atoms with van der Waals surface area (Å²) in [6, 6.07) is 8.52. The van der Waals surface area contributed by atoms with Gasteiger partial charge in [0.25, 0.3) is 5.91 Å². The monoisotopic (exact) mass is 451 g/mol. The van der Waals surface area contributed by atoms with Crippen molar-refractivity contribution in [2.75, 3.05) is 13.1 Å². The molecule has 1 aromatic carbocycles. The van der Waals surface area contributed by atoms with E-state index >= 15 is 0 Å². The summed E-state index contributed by atoms with van der Waals surface area (Å²) in [4.78, 5) is 16.6. The largest absolute Gasteiger partial charge is 0.347 e.